The summed E-state index contributed by atoms with van der Waals surface area (Å²) in [7, 11) is 4.13. The van der Waals surface area contributed by atoms with Crippen molar-refractivity contribution in [2.24, 2.45) is 5.92 Å². The molecule has 1 saturated heterocycles. The van der Waals surface area contributed by atoms with Crippen LogP contribution < -0.4 is 5.32 Å². The van der Waals surface area contributed by atoms with Gasteiger partial charge < -0.3 is 15.1 Å². The van der Waals surface area contributed by atoms with Crippen LogP contribution in [0.1, 0.15) is 24.8 Å². The second-order valence-electron chi connectivity index (χ2n) is 6.74. The predicted molar refractivity (Wildman–Crippen MR) is 95.5 cm³/mol. The summed E-state index contributed by atoms with van der Waals surface area (Å²) < 4.78 is 0. The first kappa shape index (κ1) is 18.0. The second kappa shape index (κ2) is 9.68. The van der Waals surface area contributed by atoms with Gasteiger partial charge in [-0.05, 0) is 58.4 Å². The molecule has 0 spiro atoms. The SMILES string of the molecule is CN(C)CCN(CCCc1ccccc1)C(=O)C1CCNCC1. The molecular weight excluding hydrogens is 286 g/mol. The van der Waals surface area contributed by atoms with Gasteiger partial charge in [0.2, 0.25) is 5.91 Å². The van der Waals surface area contributed by atoms with Gasteiger partial charge in [0, 0.05) is 25.6 Å². The van der Waals surface area contributed by atoms with Crippen LogP contribution in [0.25, 0.3) is 0 Å². The fourth-order valence-corrected chi connectivity index (χ4v) is 3.10. The van der Waals surface area contributed by atoms with E-state index in [2.05, 4.69) is 53.5 Å². The Morgan fingerprint density at radius 2 is 1.78 bits per heavy atom. The first-order chi connectivity index (χ1) is 11.2. The smallest absolute Gasteiger partial charge is 0.225 e. The monoisotopic (exact) mass is 317 g/mol. The van der Waals surface area contributed by atoms with Gasteiger partial charge in [0.1, 0.15) is 0 Å². The fourth-order valence-electron chi connectivity index (χ4n) is 3.10. The highest BCUT2D eigenvalue weighted by Crippen LogP contribution is 2.16. The number of nitrogens with zero attached hydrogens (tertiary/aromatic N) is 2. The lowest BCUT2D eigenvalue weighted by Gasteiger charge is -2.30. The van der Waals surface area contributed by atoms with Crippen molar-refractivity contribution < 1.29 is 4.79 Å². The summed E-state index contributed by atoms with van der Waals surface area (Å²) in [6.07, 6.45) is 4.04. The van der Waals surface area contributed by atoms with Gasteiger partial charge in [-0.2, -0.15) is 0 Å². The lowest BCUT2D eigenvalue weighted by molar-refractivity contribution is -0.136. The average Bonchev–Trinajstić information content (AvgIpc) is 2.59. The Morgan fingerprint density at radius 3 is 2.43 bits per heavy atom. The molecule has 1 amide bonds. The number of likely N-dealkylation sites (N-methyl/N-ethyl adjacent to an activating group) is 1. The number of hydrogen-bond acceptors (Lipinski definition) is 3. The molecular formula is C19H31N3O. The molecule has 4 heteroatoms. The molecule has 128 valence electrons. The van der Waals surface area contributed by atoms with E-state index in [0.29, 0.717) is 5.91 Å². The molecule has 0 aliphatic carbocycles. The maximum absolute atomic E-state index is 12.8. The Labute approximate surface area is 140 Å². The molecule has 0 atom stereocenters. The molecule has 0 bridgehead atoms. The third-order valence-electron chi connectivity index (χ3n) is 4.55. The molecule has 1 N–H and O–H groups in total. The molecule has 0 unspecified atom stereocenters. The quantitative estimate of drug-likeness (QED) is 0.797. The number of aryl methyl sites for hydroxylation is 1. The van der Waals surface area contributed by atoms with E-state index in [-0.39, 0.29) is 5.92 Å². The van der Waals surface area contributed by atoms with Crippen molar-refractivity contribution >= 4 is 5.91 Å². The Morgan fingerprint density at radius 1 is 1.09 bits per heavy atom. The fraction of sp³-hybridized carbons (Fsp3) is 0.632. The van der Waals surface area contributed by atoms with Gasteiger partial charge >= 0.3 is 0 Å². The van der Waals surface area contributed by atoms with Crippen molar-refractivity contribution in [1.29, 1.82) is 0 Å². The minimum Gasteiger partial charge on any atom is -0.341 e. The molecule has 1 fully saturated rings. The summed E-state index contributed by atoms with van der Waals surface area (Å²) in [5.74, 6) is 0.580. The van der Waals surface area contributed by atoms with E-state index < -0.39 is 0 Å². The maximum Gasteiger partial charge on any atom is 0.225 e. The molecule has 1 aromatic rings. The number of hydrogen-bond donors (Lipinski definition) is 1. The van der Waals surface area contributed by atoms with Crippen molar-refractivity contribution in [2.45, 2.75) is 25.7 Å². The number of amides is 1. The predicted octanol–water partition coefficient (Wildman–Crippen LogP) is 2.01. The number of benzene rings is 1. The van der Waals surface area contributed by atoms with Crippen molar-refractivity contribution in [3.05, 3.63) is 35.9 Å². The van der Waals surface area contributed by atoms with Crippen LogP contribution in [0.2, 0.25) is 0 Å². The molecule has 23 heavy (non-hydrogen) atoms. The molecule has 0 saturated carbocycles. The maximum atomic E-state index is 12.8. The van der Waals surface area contributed by atoms with Crippen LogP contribution in [0.3, 0.4) is 0 Å². The second-order valence-corrected chi connectivity index (χ2v) is 6.74. The standard InChI is InChI=1S/C19H31N3O/c1-21(2)15-16-22(19(23)18-10-12-20-13-11-18)14-6-9-17-7-4-3-5-8-17/h3-5,7-8,18,20H,6,9-16H2,1-2H3. The molecule has 1 aliphatic heterocycles. The van der Waals surface area contributed by atoms with Crippen molar-refractivity contribution in [1.82, 2.24) is 15.1 Å². The Hall–Kier alpha value is -1.39. The molecule has 1 aliphatic rings. The number of rotatable bonds is 8. The van der Waals surface area contributed by atoms with E-state index in [4.69, 9.17) is 0 Å². The molecule has 1 aromatic carbocycles. The zero-order chi connectivity index (χ0) is 16.5. The summed E-state index contributed by atoms with van der Waals surface area (Å²) in [6, 6.07) is 10.5. The highest BCUT2D eigenvalue weighted by atomic mass is 16.2. The number of carbonyl (C=O) groups is 1. The van der Waals surface area contributed by atoms with Gasteiger partial charge in [0.25, 0.3) is 0 Å². The topological polar surface area (TPSA) is 35.6 Å². The largest absolute Gasteiger partial charge is 0.341 e. The van der Waals surface area contributed by atoms with E-state index in [9.17, 15) is 4.79 Å². The van der Waals surface area contributed by atoms with Gasteiger partial charge in [0.05, 0.1) is 0 Å². The van der Waals surface area contributed by atoms with E-state index in [1.54, 1.807) is 0 Å². The highest BCUT2D eigenvalue weighted by molar-refractivity contribution is 5.79. The van der Waals surface area contributed by atoms with Crippen LogP contribution in [0.4, 0.5) is 0 Å². The number of carbonyl (C=O) groups excluding carboxylic acids is 1. The summed E-state index contributed by atoms with van der Waals surface area (Å²) in [5, 5.41) is 3.34. The first-order valence-electron chi connectivity index (χ1n) is 8.85. The van der Waals surface area contributed by atoms with Crippen LogP contribution >= 0.6 is 0 Å². The average molecular weight is 317 g/mol. The van der Waals surface area contributed by atoms with Crippen LogP contribution in [0.15, 0.2) is 30.3 Å². The molecule has 4 nitrogen and oxygen atoms in total. The van der Waals surface area contributed by atoms with E-state index in [0.717, 1.165) is 58.4 Å². The van der Waals surface area contributed by atoms with Crippen LogP contribution in [0.5, 0.6) is 0 Å². The van der Waals surface area contributed by atoms with Crippen molar-refractivity contribution in [3.63, 3.8) is 0 Å². The number of nitrogens with one attached hydrogen (secondary N) is 1. The Kier molecular flexibility index (Phi) is 7.56. The van der Waals surface area contributed by atoms with E-state index in [1.807, 2.05) is 6.07 Å². The summed E-state index contributed by atoms with van der Waals surface area (Å²) in [4.78, 5) is 17.1. The van der Waals surface area contributed by atoms with Gasteiger partial charge in [-0.25, -0.2) is 0 Å². The number of piperidine rings is 1. The van der Waals surface area contributed by atoms with Gasteiger partial charge in [0.15, 0.2) is 0 Å². The lowest BCUT2D eigenvalue weighted by Crippen LogP contribution is -2.44. The highest BCUT2D eigenvalue weighted by Gasteiger charge is 2.25. The normalized spacial score (nSPS) is 15.8. The minimum atomic E-state index is 0.218. The molecule has 1 heterocycles. The van der Waals surface area contributed by atoms with Crippen LogP contribution in [0, 0.1) is 5.92 Å². The molecule has 2 rings (SSSR count). The molecule has 0 radical (unpaired) electrons. The Balaban J connectivity index is 1.86. The third kappa shape index (κ3) is 6.32. The minimum absolute atomic E-state index is 0.218. The lowest BCUT2D eigenvalue weighted by atomic mass is 9.96. The van der Waals surface area contributed by atoms with Crippen LogP contribution in [-0.2, 0) is 11.2 Å². The van der Waals surface area contributed by atoms with Crippen molar-refractivity contribution in [3.8, 4) is 0 Å². The van der Waals surface area contributed by atoms with Crippen molar-refractivity contribution in [2.75, 3.05) is 46.8 Å². The first-order valence-corrected chi connectivity index (χ1v) is 8.85. The van der Waals surface area contributed by atoms with Gasteiger partial charge in [-0.15, -0.1) is 0 Å². The zero-order valence-corrected chi connectivity index (χ0v) is 14.6. The van der Waals surface area contributed by atoms with E-state index in [1.165, 1.54) is 5.56 Å². The van der Waals surface area contributed by atoms with E-state index >= 15 is 0 Å². The summed E-state index contributed by atoms with van der Waals surface area (Å²) in [5.41, 5.74) is 1.36. The summed E-state index contributed by atoms with van der Waals surface area (Å²) in [6.45, 7) is 4.59. The van der Waals surface area contributed by atoms with Gasteiger partial charge in [-0.3, -0.25) is 4.79 Å². The molecule has 0 aromatic heterocycles. The Bertz CT molecular complexity index is 455. The van der Waals surface area contributed by atoms with Crippen LogP contribution in [-0.4, -0.2) is 62.5 Å². The summed E-state index contributed by atoms with van der Waals surface area (Å²) >= 11 is 0. The van der Waals surface area contributed by atoms with Gasteiger partial charge in [-0.1, -0.05) is 30.3 Å². The third-order valence-corrected chi connectivity index (χ3v) is 4.55. The zero-order valence-electron chi connectivity index (χ0n) is 14.6.